The second kappa shape index (κ2) is 7.73. The second-order valence-corrected chi connectivity index (χ2v) is 8.51. The molecule has 1 aliphatic carbocycles. The molecule has 1 saturated heterocycles. The third-order valence-electron chi connectivity index (χ3n) is 6.08. The normalized spacial score (nSPS) is 19.0. The van der Waals surface area contributed by atoms with Crippen LogP contribution in [0.2, 0.25) is 5.02 Å². The van der Waals surface area contributed by atoms with Crippen LogP contribution in [-0.4, -0.2) is 47.5 Å². The Kier molecular flexibility index (Phi) is 4.96. The summed E-state index contributed by atoms with van der Waals surface area (Å²) in [6.07, 6.45) is 11.7. The summed E-state index contributed by atoms with van der Waals surface area (Å²) in [7, 11) is 0. The first-order valence-electron chi connectivity index (χ1n) is 10.4. The fraction of sp³-hybridized carbons (Fsp3) is 0.375. The van der Waals surface area contributed by atoms with Crippen molar-refractivity contribution in [1.29, 1.82) is 0 Å². The van der Waals surface area contributed by atoms with Gasteiger partial charge in [-0.1, -0.05) is 30.2 Å². The molecular weight excluding hydrogens is 366 g/mol. The summed E-state index contributed by atoms with van der Waals surface area (Å²) in [4.78, 5) is 9.69. The summed E-state index contributed by atoms with van der Waals surface area (Å²) in [6.45, 7) is 5.98. The molecule has 0 amide bonds. The highest BCUT2D eigenvalue weighted by atomic mass is 35.5. The maximum absolute atomic E-state index is 6.17. The van der Waals surface area contributed by atoms with Crippen LogP contribution < -0.4 is 0 Å². The number of aromatic nitrogens is 1. The molecule has 3 aliphatic rings. The molecule has 4 heteroatoms. The van der Waals surface area contributed by atoms with Crippen LogP contribution in [-0.2, 0) is 0 Å². The minimum absolute atomic E-state index is 0.761. The van der Waals surface area contributed by atoms with E-state index in [2.05, 4.69) is 33.0 Å². The number of nitrogens with zero attached hydrogens (tertiary/aromatic N) is 3. The van der Waals surface area contributed by atoms with E-state index in [9.17, 15) is 0 Å². The second-order valence-electron chi connectivity index (χ2n) is 8.07. The van der Waals surface area contributed by atoms with Crippen molar-refractivity contribution in [2.45, 2.75) is 25.7 Å². The van der Waals surface area contributed by atoms with Gasteiger partial charge in [0, 0.05) is 47.3 Å². The average molecular weight is 392 g/mol. The highest BCUT2D eigenvalue weighted by Gasteiger charge is 2.34. The molecule has 0 bridgehead atoms. The maximum atomic E-state index is 6.17. The van der Waals surface area contributed by atoms with Crippen LogP contribution in [0, 0.1) is 0 Å². The number of rotatable bonds is 6. The zero-order chi connectivity index (χ0) is 18.9. The zero-order valence-electron chi connectivity index (χ0n) is 16.2. The summed E-state index contributed by atoms with van der Waals surface area (Å²) in [6, 6.07) is 10.2. The van der Waals surface area contributed by atoms with Crippen LogP contribution >= 0.6 is 11.6 Å². The van der Waals surface area contributed by atoms with Gasteiger partial charge in [-0.05, 0) is 79.9 Å². The topological polar surface area (TPSA) is 19.4 Å². The third kappa shape index (κ3) is 3.74. The number of hydrogen-bond acceptors (Lipinski definition) is 3. The molecule has 3 nitrogen and oxygen atoms in total. The van der Waals surface area contributed by atoms with Gasteiger partial charge in [0.15, 0.2) is 0 Å². The molecule has 2 aromatic rings. The van der Waals surface area contributed by atoms with E-state index in [4.69, 9.17) is 11.6 Å². The van der Waals surface area contributed by atoms with Crippen LogP contribution in [0.5, 0.6) is 0 Å². The highest BCUT2D eigenvalue weighted by molar-refractivity contribution is 6.30. The van der Waals surface area contributed by atoms with Crippen molar-refractivity contribution in [2.75, 3.05) is 32.7 Å². The molecule has 28 heavy (non-hydrogen) atoms. The van der Waals surface area contributed by atoms with Crippen LogP contribution in [0.15, 0.2) is 60.1 Å². The van der Waals surface area contributed by atoms with E-state index in [-0.39, 0.29) is 0 Å². The van der Waals surface area contributed by atoms with E-state index in [0.29, 0.717) is 0 Å². The Hall–Kier alpha value is -2.10. The Balaban J connectivity index is 1.23. The van der Waals surface area contributed by atoms with E-state index < -0.39 is 0 Å². The van der Waals surface area contributed by atoms with E-state index in [1.54, 1.807) is 0 Å². The molecule has 5 rings (SSSR count). The lowest BCUT2D eigenvalue weighted by Crippen LogP contribution is -2.32. The first-order chi connectivity index (χ1) is 13.8. The van der Waals surface area contributed by atoms with Gasteiger partial charge in [0.1, 0.15) is 0 Å². The number of halogens is 1. The largest absolute Gasteiger partial charge is 0.367 e. The van der Waals surface area contributed by atoms with E-state index in [1.165, 1.54) is 67.7 Å². The molecule has 1 aromatic heterocycles. The minimum atomic E-state index is 0.761. The molecule has 0 saturated carbocycles. The number of allylic oxidation sites excluding steroid dienone is 2. The molecule has 0 unspecified atom stereocenters. The zero-order valence-corrected chi connectivity index (χ0v) is 17.0. The predicted octanol–water partition coefficient (Wildman–Crippen LogP) is 5.24. The number of pyridine rings is 1. The van der Waals surface area contributed by atoms with Crippen molar-refractivity contribution in [3.63, 3.8) is 0 Å². The van der Waals surface area contributed by atoms with Gasteiger partial charge in [-0.25, -0.2) is 0 Å². The molecule has 2 aliphatic heterocycles. The fourth-order valence-corrected chi connectivity index (χ4v) is 4.70. The molecule has 0 N–H and O–H groups in total. The van der Waals surface area contributed by atoms with Gasteiger partial charge in [-0.3, -0.25) is 4.98 Å². The smallest absolute Gasteiger partial charge is 0.0454 e. The van der Waals surface area contributed by atoms with Crippen LogP contribution in [0.25, 0.3) is 16.7 Å². The summed E-state index contributed by atoms with van der Waals surface area (Å²) in [5.41, 5.74) is 7.78. The van der Waals surface area contributed by atoms with Crippen LogP contribution in [0.3, 0.4) is 0 Å². The molecule has 1 aromatic carbocycles. The molecule has 3 heterocycles. The van der Waals surface area contributed by atoms with Crippen molar-refractivity contribution in [2.24, 2.45) is 0 Å². The van der Waals surface area contributed by atoms with Crippen molar-refractivity contribution < 1.29 is 0 Å². The molecule has 1 fully saturated rings. The number of fused-ring (bicyclic) bond motifs is 1. The Labute approximate surface area is 172 Å². The van der Waals surface area contributed by atoms with E-state index in [0.717, 1.165) is 29.2 Å². The Bertz CT molecular complexity index is 940. The van der Waals surface area contributed by atoms with Crippen LogP contribution in [0.4, 0.5) is 0 Å². The lowest BCUT2D eigenvalue weighted by molar-refractivity contribution is 0.218. The Morgan fingerprint density at radius 3 is 2.64 bits per heavy atom. The predicted molar refractivity (Wildman–Crippen MR) is 116 cm³/mol. The SMILES string of the molecule is Clc1cccc(-c2cncc(C3=C4C=C4N(CCCN4CCCCC4)C3)c2)c1. The summed E-state index contributed by atoms with van der Waals surface area (Å²) < 4.78 is 0. The van der Waals surface area contributed by atoms with Crippen molar-refractivity contribution in [3.05, 3.63) is 70.7 Å². The first kappa shape index (κ1) is 18.0. The molecule has 144 valence electrons. The quantitative estimate of drug-likeness (QED) is 0.670. The summed E-state index contributed by atoms with van der Waals surface area (Å²) in [5, 5.41) is 0.761. The number of hydrogen-bond donors (Lipinski definition) is 0. The van der Waals surface area contributed by atoms with Gasteiger partial charge in [0.2, 0.25) is 0 Å². The van der Waals surface area contributed by atoms with Crippen LogP contribution in [0.1, 0.15) is 31.2 Å². The minimum Gasteiger partial charge on any atom is -0.367 e. The third-order valence-corrected chi connectivity index (χ3v) is 6.32. The van der Waals surface area contributed by atoms with Crippen molar-refractivity contribution in [3.8, 4) is 11.1 Å². The van der Waals surface area contributed by atoms with Crippen molar-refractivity contribution in [1.82, 2.24) is 14.8 Å². The van der Waals surface area contributed by atoms with Gasteiger partial charge in [-0.2, -0.15) is 0 Å². The molecule has 0 spiro atoms. The van der Waals surface area contributed by atoms with Gasteiger partial charge in [0.25, 0.3) is 0 Å². The molecular formula is C24H26ClN3. The van der Waals surface area contributed by atoms with Gasteiger partial charge in [0.05, 0.1) is 0 Å². The lowest BCUT2D eigenvalue weighted by Gasteiger charge is -2.27. The first-order valence-corrected chi connectivity index (χ1v) is 10.8. The average Bonchev–Trinajstić information content (AvgIpc) is 3.45. The number of benzene rings is 1. The molecule has 0 radical (unpaired) electrons. The number of likely N-dealkylation sites (tertiary alicyclic amines) is 1. The summed E-state index contributed by atoms with van der Waals surface area (Å²) >= 11 is 6.17. The lowest BCUT2D eigenvalue weighted by atomic mass is 10.0. The van der Waals surface area contributed by atoms with Gasteiger partial charge >= 0.3 is 0 Å². The monoisotopic (exact) mass is 391 g/mol. The van der Waals surface area contributed by atoms with Gasteiger partial charge < -0.3 is 9.80 Å². The highest BCUT2D eigenvalue weighted by Crippen LogP contribution is 2.45. The summed E-state index contributed by atoms with van der Waals surface area (Å²) in [5.74, 6) is 0. The maximum Gasteiger partial charge on any atom is 0.0454 e. The van der Waals surface area contributed by atoms with Gasteiger partial charge in [-0.15, -0.1) is 0 Å². The van der Waals surface area contributed by atoms with Crippen molar-refractivity contribution >= 4 is 17.2 Å². The van der Waals surface area contributed by atoms with E-state index in [1.807, 2.05) is 30.6 Å². The number of piperidine rings is 1. The molecule has 0 atom stereocenters. The standard InChI is InChI=1S/C24H26ClN3/c25-21-7-4-6-18(13-21)19-12-20(16-26-15-19)23-17-28(24-14-22(23)24)11-5-10-27-8-2-1-3-9-27/h4,6-7,12-16H,1-3,5,8-11,17H2. The Morgan fingerprint density at radius 2 is 1.79 bits per heavy atom. The fourth-order valence-electron chi connectivity index (χ4n) is 4.51. The Morgan fingerprint density at radius 1 is 0.929 bits per heavy atom. The van der Waals surface area contributed by atoms with E-state index >= 15 is 0 Å².